The zero-order valence-electron chi connectivity index (χ0n) is 10.6. The first kappa shape index (κ1) is 11.3. The van der Waals surface area contributed by atoms with Gasteiger partial charge in [0, 0.05) is 29.6 Å². The van der Waals surface area contributed by atoms with Crippen molar-refractivity contribution in [3.63, 3.8) is 0 Å². The van der Waals surface area contributed by atoms with Crippen molar-refractivity contribution in [1.82, 2.24) is 15.2 Å². The number of nitrogens with one attached hydrogen (secondary N) is 1. The van der Waals surface area contributed by atoms with Crippen molar-refractivity contribution in [3.8, 4) is 11.1 Å². The highest BCUT2D eigenvalue weighted by Crippen LogP contribution is 2.43. The SMILES string of the molecule is CC1CCCC1c1[nH]nc(N)c1-c1ccncc1. The van der Waals surface area contributed by atoms with Gasteiger partial charge < -0.3 is 5.73 Å². The Kier molecular flexibility index (Phi) is 2.78. The lowest BCUT2D eigenvalue weighted by Crippen LogP contribution is -2.04. The number of H-pyrrole nitrogens is 1. The smallest absolute Gasteiger partial charge is 0.153 e. The Hall–Kier alpha value is -1.84. The van der Waals surface area contributed by atoms with Gasteiger partial charge in [0.2, 0.25) is 0 Å². The fourth-order valence-electron chi connectivity index (χ4n) is 3.03. The molecule has 18 heavy (non-hydrogen) atoms. The molecule has 1 fully saturated rings. The van der Waals surface area contributed by atoms with Crippen LogP contribution in [0.2, 0.25) is 0 Å². The third-order valence-corrected chi connectivity index (χ3v) is 4.02. The zero-order chi connectivity index (χ0) is 12.5. The minimum atomic E-state index is 0.554. The van der Waals surface area contributed by atoms with Crippen LogP contribution >= 0.6 is 0 Å². The summed E-state index contributed by atoms with van der Waals surface area (Å²) in [6, 6.07) is 3.98. The van der Waals surface area contributed by atoms with Gasteiger partial charge in [-0.2, -0.15) is 5.10 Å². The van der Waals surface area contributed by atoms with Crippen molar-refractivity contribution in [2.24, 2.45) is 5.92 Å². The number of hydrogen-bond acceptors (Lipinski definition) is 3. The highest BCUT2D eigenvalue weighted by molar-refractivity contribution is 5.76. The number of nitrogens with two attached hydrogens (primary N) is 1. The Labute approximate surface area is 107 Å². The van der Waals surface area contributed by atoms with Crippen LogP contribution < -0.4 is 5.73 Å². The van der Waals surface area contributed by atoms with Crippen LogP contribution in [0.1, 0.15) is 37.8 Å². The number of nitrogens with zero attached hydrogens (tertiary/aromatic N) is 2. The molecule has 0 spiro atoms. The van der Waals surface area contributed by atoms with Crippen molar-refractivity contribution in [3.05, 3.63) is 30.2 Å². The lowest BCUT2D eigenvalue weighted by molar-refractivity contribution is 0.522. The number of anilines is 1. The van der Waals surface area contributed by atoms with Crippen molar-refractivity contribution < 1.29 is 0 Å². The van der Waals surface area contributed by atoms with Crippen molar-refractivity contribution in [1.29, 1.82) is 0 Å². The molecule has 2 aromatic rings. The molecule has 2 aromatic heterocycles. The number of aromatic amines is 1. The molecule has 2 atom stereocenters. The maximum absolute atomic E-state index is 6.02. The average molecular weight is 242 g/mol. The van der Waals surface area contributed by atoms with E-state index >= 15 is 0 Å². The summed E-state index contributed by atoms with van der Waals surface area (Å²) in [5, 5.41) is 7.35. The Balaban J connectivity index is 2.07. The zero-order valence-corrected chi connectivity index (χ0v) is 10.6. The quantitative estimate of drug-likeness (QED) is 0.850. The van der Waals surface area contributed by atoms with Crippen LogP contribution in [0.5, 0.6) is 0 Å². The molecular formula is C14H18N4. The largest absolute Gasteiger partial charge is 0.382 e. The van der Waals surface area contributed by atoms with Crippen LogP contribution in [-0.4, -0.2) is 15.2 Å². The molecule has 0 radical (unpaired) electrons. The molecule has 3 rings (SSSR count). The van der Waals surface area contributed by atoms with Crippen molar-refractivity contribution in [2.45, 2.75) is 32.1 Å². The van der Waals surface area contributed by atoms with E-state index in [1.54, 1.807) is 12.4 Å². The lowest BCUT2D eigenvalue weighted by Gasteiger charge is -2.15. The summed E-state index contributed by atoms with van der Waals surface area (Å²) in [5.74, 6) is 1.85. The van der Waals surface area contributed by atoms with Gasteiger partial charge in [-0.15, -0.1) is 0 Å². The molecule has 1 aliphatic carbocycles. The topological polar surface area (TPSA) is 67.6 Å². The maximum atomic E-state index is 6.02. The van der Waals surface area contributed by atoms with Gasteiger partial charge >= 0.3 is 0 Å². The Morgan fingerprint density at radius 2 is 2.06 bits per heavy atom. The number of hydrogen-bond donors (Lipinski definition) is 2. The molecule has 2 unspecified atom stereocenters. The molecular weight excluding hydrogens is 224 g/mol. The minimum Gasteiger partial charge on any atom is -0.382 e. The van der Waals surface area contributed by atoms with E-state index < -0.39 is 0 Å². The summed E-state index contributed by atoms with van der Waals surface area (Å²) in [6.45, 7) is 2.31. The predicted molar refractivity (Wildman–Crippen MR) is 72.0 cm³/mol. The number of aromatic nitrogens is 3. The number of pyridine rings is 1. The van der Waals surface area contributed by atoms with Gasteiger partial charge in [-0.25, -0.2) is 0 Å². The second-order valence-electron chi connectivity index (χ2n) is 5.15. The summed E-state index contributed by atoms with van der Waals surface area (Å²) < 4.78 is 0. The summed E-state index contributed by atoms with van der Waals surface area (Å²) in [6.07, 6.45) is 7.40. The van der Waals surface area contributed by atoms with Gasteiger partial charge in [0.15, 0.2) is 5.82 Å². The summed E-state index contributed by atoms with van der Waals surface area (Å²) in [7, 11) is 0. The minimum absolute atomic E-state index is 0.554. The van der Waals surface area contributed by atoms with Crippen LogP contribution in [0.3, 0.4) is 0 Å². The van der Waals surface area contributed by atoms with E-state index in [1.165, 1.54) is 25.0 Å². The monoisotopic (exact) mass is 242 g/mol. The van der Waals surface area contributed by atoms with Crippen LogP contribution in [0.4, 0.5) is 5.82 Å². The van der Waals surface area contributed by atoms with E-state index in [2.05, 4.69) is 22.1 Å². The molecule has 1 saturated carbocycles. The first-order chi connectivity index (χ1) is 8.77. The molecule has 4 heteroatoms. The van der Waals surface area contributed by atoms with Crippen LogP contribution in [0.25, 0.3) is 11.1 Å². The van der Waals surface area contributed by atoms with Crippen molar-refractivity contribution in [2.75, 3.05) is 5.73 Å². The molecule has 4 nitrogen and oxygen atoms in total. The number of rotatable bonds is 2. The maximum Gasteiger partial charge on any atom is 0.153 e. The molecule has 0 aromatic carbocycles. The van der Waals surface area contributed by atoms with E-state index in [-0.39, 0.29) is 0 Å². The predicted octanol–water partition coefficient (Wildman–Crippen LogP) is 2.96. The molecule has 0 amide bonds. The molecule has 94 valence electrons. The number of nitrogen functional groups attached to an aromatic ring is 1. The van der Waals surface area contributed by atoms with E-state index in [4.69, 9.17) is 5.73 Å². The van der Waals surface area contributed by atoms with Gasteiger partial charge in [0.25, 0.3) is 0 Å². The normalized spacial score (nSPS) is 23.4. The van der Waals surface area contributed by atoms with Gasteiger partial charge in [-0.3, -0.25) is 10.1 Å². The average Bonchev–Trinajstić information content (AvgIpc) is 2.96. The van der Waals surface area contributed by atoms with Gasteiger partial charge in [0.05, 0.1) is 0 Å². The van der Waals surface area contributed by atoms with Crippen LogP contribution in [0, 0.1) is 5.92 Å². The van der Waals surface area contributed by atoms with E-state index in [0.29, 0.717) is 17.7 Å². The van der Waals surface area contributed by atoms with Crippen LogP contribution in [-0.2, 0) is 0 Å². The second kappa shape index (κ2) is 4.44. The second-order valence-corrected chi connectivity index (χ2v) is 5.15. The fraction of sp³-hybridized carbons (Fsp3) is 0.429. The highest BCUT2D eigenvalue weighted by atomic mass is 15.2. The first-order valence-electron chi connectivity index (χ1n) is 6.51. The molecule has 0 aliphatic heterocycles. The molecule has 2 heterocycles. The molecule has 0 saturated heterocycles. The lowest BCUT2D eigenvalue weighted by atomic mass is 9.90. The summed E-state index contributed by atoms with van der Waals surface area (Å²) in [5.41, 5.74) is 9.39. The Bertz CT molecular complexity index is 532. The van der Waals surface area contributed by atoms with E-state index in [0.717, 1.165) is 11.1 Å². The highest BCUT2D eigenvalue weighted by Gasteiger charge is 2.29. The van der Waals surface area contributed by atoms with Crippen molar-refractivity contribution >= 4 is 5.82 Å². The fourth-order valence-corrected chi connectivity index (χ4v) is 3.03. The molecule has 3 N–H and O–H groups in total. The standard InChI is InChI=1S/C14H18N4/c1-9-3-2-4-11(9)13-12(14(15)18-17-13)10-5-7-16-8-6-10/h5-9,11H,2-4H2,1H3,(H3,15,17,18). The van der Waals surface area contributed by atoms with Gasteiger partial charge in [-0.05, 0) is 30.0 Å². The van der Waals surface area contributed by atoms with Gasteiger partial charge in [-0.1, -0.05) is 19.8 Å². The van der Waals surface area contributed by atoms with Crippen LogP contribution in [0.15, 0.2) is 24.5 Å². The van der Waals surface area contributed by atoms with Gasteiger partial charge in [0.1, 0.15) is 0 Å². The summed E-state index contributed by atoms with van der Waals surface area (Å²) in [4.78, 5) is 4.06. The van der Waals surface area contributed by atoms with E-state index in [9.17, 15) is 0 Å². The first-order valence-corrected chi connectivity index (χ1v) is 6.51. The third kappa shape index (κ3) is 1.78. The van der Waals surface area contributed by atoms with E-state index in [1.807, 2.05) is 12.1 Å². The summed E-state index contributed by atoms with van der Waals surface area (Å²) >= 11 is 0. The Morgan fingerprint density at radius 3 is 2.72 bits per heavy atom. The molecule has 0 bridgehead atoms. The Morgan fingerprint density at radius 1 is 1.28 bits per heavy atom. The third-order valence-electron chi connectivity index (χ3n) is 4.02. The molecule has 1 aliphatic rings.